The van der Waals surface area contributed by atoms with Crippen LogP contribution in [0.1, 0.15) is 32.2 Å². The van der Waals surface area contributed by atoms with Gasteiger partial charge in [0.2, 0.25) is 0 Å². The average molecular weight is 492 g/mol. The molecule has 4 aromatic carbocycles. The molecular weight excluding hydrogens is 472 g/mol. The van der Waals surface area contributed by atoms with Crippen molar-refractivity contribution in [1.82, 2.24) is 10.9 Å². The lowest BCUT2D eigenvalue weighted by molar-refractivity contribution is 0.0902. The van der Waals surface area contributed by atoms with E-state index in [4.69, 9.17) is 4.42 Å². The molecule has 0 spiro atoms. The zero-order valence-electron chi connectivity index (χ0n) is 19.3. The van der Waals surface area contributed by atoms with Crippen LogP contribution >= 0.6 is 0 Å². The number of carbonyl (C=O) groups is 2. The first-order valence-electron chi connectivity index (χ1n) is 11.2. The van der Waals surface area contributed by atoms with E-state index in [1.807, 2.05) is 48.5 Å². The minimum Gasteiger partial charge on any atom is -0.507 e. The summed E-state index contributed by atoms with van der Waals surface area (Å²) in [6, 6.07) is 24.2. The van der Waals surface area contributed by atoms with E-state index in [2.05, 4.69) is 21.1 Å². The Bertz CT molecular complexity index is 1580. The number of phenolic OH excluding ortho intramolecular Hbond substituents is 2. The molecule has 0 atom stereocenters. The largest absolute Gasteiger partial charge is 0.507 e. The van der Waals surface area contributed by atoms with Crippen molar-refractivity contribution in [2.75, 3.05) is 0 Å². The summed E-state index contributed by atoms with van der Waals surface area (Å²) in [5, 5.41) is 31.5. The van der Waals surface area contributed by atoms with Crippen molar-refractivity contribution in [3.8, 4) is 11.5 Å². The molecule has 0 unspecified atom stereocenters. The molecule has 0 bridgehead atoms. The Morgan fingerprint density at radius 1 is 0.622 bits per heavy atom. The fourth-order valence-corrected chi connectivity index (χ4v) is 3.84. The molecule has 5 aromatic rings. The van der Waals surface area contributed by atoms with Crippen LogP contribution in [-0.4, -0.2) is 34.5 Å². The Kier molecular flexibility index (Phi) is 6.33. The Labute approximate surface area is 210 Å². The quantitative estimate of drug-likeness (QED) is 0.204. The summed E-state index contributed by atoms with van der Waals surface area (Å²) in [7, 11) is 0. The van der Waals surface area contributed by atoms with Crippen LogP contribution in [-0.2, 0) is 0 Å². The maximum atomic E-state index is 12.4. The number of rotatable bonds is 6. The summed E-state index contributed by atoms with van der Waals surface area (Å²) in [4.78, 5) is 24.8. The Balaban J connectivity index is 1.24. The van der Waals surface area contributed by atoms with Gasteiger partial charge in [-0.1, -0.05) is 60.7 Å². The van der Waals surface area contributed by atoms with E-state index in [9.17, 15) is 19.8 Å². The number of aromatic hydroxyl groups is 2. The number of hydrazone groups is 2. The number of fused-ring (bicyclic) bond motifs is 2. The molecule has 0 radical (unpaired) electrons. The first-order chi connectivity index (χ1) is 18.0. The molecule has 37 heavy (non-hydrogen) atoms. The van der Waals surface area contributed by atoms with Gasteiger partial charge in [0, 0.05) is 11.1 Å². The summed E-state index contributed by atoms with van der Waals surface area (Å²) >= 11 is 0. The monoisotopic (exact) mass is 492 g/mol. The summed E-state index contributed by atoms with van der Waals surface area (Å²) in [6.07, 6.45) is 2.67. The van der Waals surface area contributed by atoms with Gasteiger partial charge in [0.15, 0.2) is 11.5 Å². The number of nitrogens with one attached hydrogen (secondary N) is 2. The van der Waals surface area contributed by atoms with Crippen LogP contribution in [0.3, 0.4) is 0 Å². The van der Waals surface area contributed by atoms with Crippen molar-refractivity contribution in [1.29, 1.82) is 0 Å². The van der Waals surface area contributed by atoms with Crippen LogP contribution in [0.4, 0.5) is 0 Å². The number of hydrogen-bond donors (Lipinski definition) is 4. The fourth-order valence-electron chi connectivity index (χ4n) is 3.84. The maximum absolute atomic E-state index is 12.4. The Hall–Kier alpha value is -5.44. The van der Waals surface area contributed by atoms with E-state index in [1.54, 1.807) is 24.3 Å². The molecule has 0 saturated carbocycles. The second kappa shape index (κ2) is 10.0. The topological polar surface area (TPSA) is 137 Å². The number of benzene rings is 4. The van der Waals surface area contributed by atoms with E-state index in [0.717, 1.165) is 21.5 Å². The number of hydrogen-bond acceptors (Lipinski definition) is 7. The molecule has 0 aliphatic heterocycles. The molecule has 0 fully saturated rings. The molecule has 0 aliphatic rings. The normalized spacial score (nSPS) is 11.5. The zero-order chi connectivity index (χ0) is 25.8. The van der Waals surface area contributed by atoms with Crippen molar-refractivity contribution in [3.63, 3.8) is 0 Å². The molecule has 4 N–H and O–H groups in total. The van der Waals surface area contributed by atoms with Crippen molar-refractivity contribution in [2.24, 2.45) is 10.2 Å². The van der Waals surface area contributed by atoms with E-state index >= 15 is 0 Å². The van der Waals surface area contributed by atoms with Crippen molar-refractivity contribution in [3.05, 3.63) is 108 Å². The van der Waals surface area contributed by atoms with E-state index in [-0.39, 0.29) is 23.0 Å². The smallest absolute Gasteiger partial charge is 0.307 e. The van der Waals surface area contributed by atoms with Crippen LogP contribution < -0.4 is 10.9 Å². The molecule has 9 heteroatoms. The lowest BCUT2D eigenvalue weighted by Crippen LogP contribution is -2.18. The molecule has 1 aromatic heterocycles. The SMILES string of the molecule is O=C(NN=Cc1c(O)ccc2ccccc12)c1ccc(C(=O)NN=Cc2c(O)ccc3ccccc23)o1. The zero-order valence-corrected chi connectivity index (χ0v) is 19.3. The van der Waals surface area contributed by atoms with E-state index in [0.29, 0.717) is 11.1 Å². The van der Waals surface area contributed by atoms with E-state index in [1.165, 1.54) is 24.6 Å². The van der Waals surface area contributed by atoms with Crippen molar-refractivity contribution < 1.29 is 24.2 Å². The van der Waals surface area contributed by atoms with Crippen LogP contribution in [0.5, 0.6) is 11.5 Å². The first-order valence-corrected chi connectivity index (χ1v) is 11.2. The summed E-state index contributed by atoms with van der Waals surface area (Å²) in [5.74, 6) is -1.60. The minimum atomic E-state index is -0.681. The molecule has 2 amide bonds. The van der Waals surface area contributed by atoms with Crippen LogP contribution in [0.25, 0.3) is 21.5 Å². The number of phenols is 2. The maximum Gasteiger partial charge on any atom is 0.307 e. The van der Waals surface area contributed by atoms with Gasteiger partial charge in [-0.25, -0.2) is 10.9 Å². The third-order valence-corrected chi connectivity index (χ3v) is 5.67. The summed E-state index contributed by atoms with van der Waals surface area (Å²) in [6.45, 7) is 0. The third kappa shape index (κ3) is 4.87. The van der Waals surface area contributed by atoms with Crippen LogP contribution in [0, 0.1) is 0 Å². The van der Waals surface area contributed by atoms with Gasteiger partial charge in [0.25, 0.3) is 0 Å². The van der Waals surface area contributed by atoms with Crippen molar-refractivity contribution in [2.45, 2.75) is 0 Å². The molecule has 1 heterocycles. The van der Waals surface area contributed by atoms with Gasteiger partial charge in [-0.05, 0) is 45.8 Å². The minimum absolute atomic E-state index is 0.0195. The molecular formula is C28H20N4O5. The molecule has 0 saturated heterocycles. The van der Waals surface area contributed by atoms with Gasteiger partial charge in [-0.3, -0.25) is 9.59 Å². The Morgan fingerprint density at radius 2 is 1.05 bits per heavy atom. The number of nitrogens with zero attached hydrogens (tertiary/aromatic N) is 2. The second-order valence-corrected chi connectivity index (χ2v) is 8.00. The van der Waals surface area contributed by atoms with Crippen LogP contribution in [0.15, 0.2) is 99.5 Å². The number of furan rings is 1. The van der Waals surface area contributed by atoms with Gasteiger partial charge < -0.3 is 14.6 Å². The van der Waals surface area contributed by atoms with Gasteiger partial charge in [-0.15, -0.1) is 0 Å². The summed E-state index contributed by atoms with van der Waals surface area (Å²) < 4.78 is 5.33. The highest BCUT2D eigenvalue weighted by atomic mass is 16.4. The first kappa shape index (κ1) is 23.3. The Morgan fingerprint density at radius 3 is 1.51 bits per heavy atom. The van der Waals surface area contributed by atoms with Crippen molar-refractivity contribution >= 4 is 45.8 Å². The average Bonchev–Trinajstić information content (AvgIpc) is 3.42. The van der Waals surface area contributed by atoms with Gasteiger partial charge >= 0.3 is 11.8 Å². The third-order valence-electron chi connectivity index (χ3n) is 5.67. The highest BCUT2D eigenvalue weighted by molar-refractivity contribution is 6.04. The number of carbonyl (C=O) groups excluding carboxylic acids is 2. The molecule has 182 valence electrons. The van der Waals surface area contributed by atoms with Gasteiger partial charge in [0.1, 0.15) is 11.5 Å². The molecule has 0 aliphatic carbocycles. The van der Waals surface area contributed by atoms with E-state index < -0.39 is 11.8 Å². The highest BCUT2D eigenvalue weighted by Gasteiger charge is 2.15. The molecule has 9 nitrogen and oxygen atoms in total. The lowest BCUT2D eigenvalue weighted by atomic mass is 10.0. The second-order valence-electron chi connectivity index (χ2n) is 8.00. The molecule has 5 rings (SSSR count). The summed E-state index contributed by atoms with van der Waals surface area (Å²) in [5.41, 5.74) is 5.54. The fraction of sp³-hybridized carbons (Fsp3) is 0. The van der Waals surface area contributed by atoms with Gasteiger partial charge in [-0.2, -0.15) is 10.2 Å². The highest BCUT2D eigenvalue weighted by Crippen LogP contribution is 2.26. The standard InChI is InChI=1S/C28H20N4O5/c33-23-11-9-17-5-1-3-7-19(17)21(23)15-29-31-27(35)25-13-14-26(37-25)28(36)32-30-16-22-20-8-4-2-6-18(20)10-12-24(22)34/h1-16,33-34H,(H,31,35)(H,32,36). The number of amides is 2. The van der Waals surface area contributed by atoms with Gasteiger partial charge in [0.05, 0.1) is 12.4 Å². The predicted molar refractivity (Wildman–Crippen MR) is 140 cm³/mol. The predicted octanol–water partition coefficient (Wildman–Crippen LogP) is 4.53. The lowest BCUT2D eigenvalue weighted by Gasteiger charge is -2.04. The van der Waals surface area contributed by atoms with Crippen LogP contribution in [0.2, 0.25) is 0 Å².